The number of nitrogens with one attached hydrogen (secondary N) is 3. The summed E-state index contributed by atoms with van der Waals surface area (Å²) in [4.78, 5) is 48.4. The van der Waals surface area contributed by atoms with Crippen LogP contribution in [0.15, 0.2) is 52.9 Å². The van der Waals surface area contributed by atoms with Crippen molar-refractivity contribution >= 4 is 44.5 Å². The molecule has 0 radical (unpaired) electrons. The summed E-state index contributed by atoms with van der Waals surface area (Å²) in [5, 5.41) is 5.57. The van der Waals surface area contributed by atoms with Crippen LogP contribution in [-0.2, 0) is 24.4 Å². The van der Waals surface area contributed by atoms with Crippen molar-refractivity contribution in [3.8, 4) is 6.08 Å². The van der Waals surface area contributed by atoms with Crippen molar-refractivity contribution in [2.75, 3.05) is 11.9 Å². The molecule has 2 aliphatic heterocycles. The summed E-state index contributed by atoms with van der Waals surface area (Å²) in [6.45, 7) is 0.0366. The fourth-order valence-corrected chi connectivity index (χ4v) is 8.95. The molecular formula is C35H42FN5O7S. The highest BCUT2D eigenvalue weighted by atomic mass is 32.2. The van der Waals surface area contributed by atoms with E-state index in [1.54, 1.807) is 24.3 Å². The number of sulfonamides is 1. The van der Waals surface area contributed by atoms with Gasteiger partial charge in [0.2, 0.25) is 21.8 Å². The molecule has 2 saturated heterocycles. The van der Waals surface area contributed by atoms with Crippen molar-refractivity contribution in [3.05, 3.63) is 54.3 Å². The van der Waals surface area contributed by atoms with Gasteiger partial charge in [-0.1, -0.05) is 50.3 Å². The minimum absolute atomic E-state index is 0.0102. The molecule has 1 unspecified atom stereocenters. The van der Waals surface area contributed by atoms with E-state index in [9.17, 15) is 27.2 Å². The second-order valence-corrected chi connectivity index (χ2v) is 15.9. The molecular weight excluding hydrogens is 653 g/mol. The van der Waals surface area contributed by atoms with Crippen LogP contribution in [0.25, 0.3) is 11.1 Å². The van der Waals surface area contributed by atoms with Gasteiger partial charge in [-0.2, -0.15) is 4.98 Å². The maximum absolute atomic E-state index is 14.4. The van der Waals surface area contributed by atoms with Crippen LogP contribution in [0.2, 0.25) is 0 Å². The minimum atomic E-state index is -3.86. The van der Waals surface area contributed by atoms with E-state index in [0.717, 1.165) is 32.1 Å². The monoisotopic (exact) mass is 695 g/mol. The average molecular weight is 696 g/mol. The Morgan fingerprint density at radius 3 is 2.59 bits per heavy atom. The van der Waals surface area contributed by atoms with E-state index in [0.29, 0.717) is 55.3 Å². The Kier molecular flexibility index (Phi) is 9.25. The summed E-state index contributed by atoms with van der Waals surface area (Å²) in [5.41, 5.74) is 0.143. The summed E-state index contributed by atoms with van der Waals surface area (Å²) >= 11 is 0. The second-order valence-electron chi connectivity index (χ2n) is 14.0. The molecule has 14 heteroatoms. The molecule has 3 amide bonds. The Hall–Kier alpha value is -4.20. The first kappa shape index (κ1) is 33.3. The van der Waals surface area contributed by atoms with Crippen molar-refractivity contribution in [2.24, 2.45) is 5.92 Å². The smallest absolute Gasteiger partial charge is 0.394 e. The van der Waals surface area contributed by atoms with Gasteiger partial charge >= 0.3 is 6.08 Å². The summed E-state index contributed by atoms with van der Waals surface area (Å²) in [7, 11) is -3.86. The maximum Gasteiger partial charge on any atom is 0.394 e. The van der Waals surface area contributed by atoms with Gasteiger partial charge in [-0.3, -0.25) is 19.1 Å². The fraction of sp³-hybridized carbons (Fsp3) is 0.543. The van der Waals surface area contributed by atoms with Crippen molar-refractivity contribution in [2.45, 2.75) is 106 Å². The number of oxazole rings is 1. The SMILES string of the molecule is O=C1N[C@]2(C(=O)NS(=O)(=O)C3CC3)CCC(CCCCCC[C@H](Nc3cccc(F)c3)C(=O)N3C[C@H](Oc4nc5ccccc5o4)C[C@@H]13)C2. The van der Waals surface area contributed by atoms with E-state index in [1.165, 1.54) is 17.0 Å². The number of carbonyl (C=O) groups excluding carboxylic acids is 3. The number of ether oxygens (including phenoxy) is 1. The quantitative estimate of drug-likeness (QED) is 0.325. The van der Waals surface area contributed by atoms with E-state index < -0.39 is 56.6 Å². The maximum atomic E-state index is 14.4. The lowest BCUT2D eigenvalue weighted by Crippen LogP contribution is -2.62. The molecule has 12 nitrogen and oxygen atoms in total. The van der Waals surface area contributed by atoms with Gasteiger partial charge in [0.1, 0.15) is 35.1 Å². The molecule has 4 fully saturated rings. The van der Waals surface area contributed by atoms with Gasteiger partial charge in [0.15, 0.2) is 5.58 Å². The zero-order valence-corrected chi connectivity index (χ0v) is 28.1. The highest BCUT2D eigenvalue weighted by Crippen LogP contribution is 2.40. The third-order valence-electron chi connectivity index (χ3n) is 10.3. The number of halogens is 1. The second kappa shape index (κ2) is 13.6. The van der Waals surface area contributed by atoms with E-state index >= 15 is 0 Å². The first-order valence-corrected chi connectivity index (χ1v) is 18.9. The molecule has 2 bridgehead atoms. The molecule has 1 aromatic heterocycles. The molecule has 3 heterocycles. The van der Waals surface area contributed by atoms with Crippen molar-refractivity contribution < 1.29 is 36.3 Å². The molecule has 3 N–H and O–H groups in total. The molecule has 5 atom stereocenters. The summed E-state index contributed by atoms with van der Waals surface area (Å²) in [6, 6.07) is 11.3. The van der Waals surface area contributed by atoms with E-state index in [4.69, 9.17) is 9.15 Å². The largest absolute Gasteiger partial charge is 0.445 e. The zero-order valence-electron chi connectivity index (χ0n) is 27.2. The summed E-state index contributed by atoms with van der Waals surface area (Å²) in [6.07, 6.45) is 6.46. The first-order chi connectivity index (χ1) is 23.6. The standard InChI is InChI=1S/C35H42FN5O7S/c36-23-9-7-10-24(18-23)37-28-12-4-2-1-3-8-22-16-17-35(20-22,33(44)40-49(45,46)26-14-15-26)39-31(42)29-19-25(21-41(29)32(28)43)47-34-38-27-11-5-6-13-30(27)48-34/h5-7,9-11,13,18,22,25-26,28-29,37H,1-4,8,12,14-17,19-21H2,(H,39,42)(H,40,44)/t22?,25-,28+,29+,35-/m1/s1. The van der Waals surface area contributed by atoms with Crippen LogP contribution < -0.4 is 20.1 Å². The van der Waals surface area contributed by atoms with Crippen LogP contribution >= 0.6 is 0 Å². The van der Waals surface area contributed by atoms with E-state index in [-0.39, 0.29) is 30.9 Å². The van der Waals surface area contributed by atoms with Gasteiger partial charge < -0.3 is 24.7 Å². The minimum Gasteiger partial charge on any atom is -0.445 e. The number of para-hydroxylation sites is 2. The van der Waals surface area contributed by atoms with Crippen LogP contribution in [0.5, 0.6) is 6.08 Å². The number of carbonyl (C=O) groups is 3. The molecule has 49 heavy (non-hydrogen) atoms. The zero-order chi connectivity index (χ0) is 34.2. The number of anilines is 1. The number of amides is 3. The highest BCUT2D eigenvalue weighted by molar-refractivity contribution is 7.91. The van der Waals surface area contributed by atoms with E-state index in [1.807, 2.05) is 12.1 Å². The van der Waals surface area contributed by atoms with Gasteiger partial charge in [0, 0.05) is 12.1 Å². The Morgan fingerprint density at radius 2 is 1.82 bits per heavy atom. The Labute approximate surface area is 284 Å². The molecule has 2 aliphatic carbocycles. The Balaban J connectivity index is 1.19. The normalized spacial score (nSPS) is 28.3. The number of hydrogen-bond acceptors (Lipinski definition) is 9. The van der Waals surface area contributed by atoms with E-state index in [2.05, 4.69) is 20.3 Å². The average Bonchev–Trinajstić information content (AvgIpc) is 3.55. The molecule has 2 saturated carbocycles. The van der Waals surface area contributed by atoms with Crippen molar-refractivity contribution in [1.29, 1.82) is 0 Å². The van der Waals surface area contributed by atoms with Crippen molar-refractivity contribution in [1.82, 2.24) is 19.9 Å². The molecule has 262 valence electrons. The number of benzene rings is 2. The Bertz CT molecular complexity index is 1800. The lowest BCUT2D eigenvalue weighted by atomic mass is 9.92. The predicted molar refractivity (Wildman–Crippen MR) is 178 cm³/mol. The van der Waals surface area contributed by atoms with Crippen LogP contribution in [0.1, 0.15) is 77.0 Å². The number of hydrogen-bond donors (Lipinski definition) is 3. The van der Waals surface area contributed by atoms with Gasteiger partial charge in [0.25, 0.3) is 5.91 Å². The number of rotatable bonds is 7. The lowest BCUT2D eigenvalue weighted by Gasteiger charge is -2.33. The molecule has 3 aromatic rings. The van der Waals surface area contributed by atoms with Crippen LogP contribution in [0.4, 0.5) is 10.1 Å². The first-order valence-electron chi connectivity index (χ1n) is 17.3. The van der Waals surface area contributed by atoms with Crippen LogP contribution in [0.3, 0.4) is 0 Å². The van der Waals surface area contributed by atoms with Crippen molar-refractivity contribution in [3.63, 3.8) is 0 Å². The van der Waals surface area contributed by atoms with Crippen LogP contribution in [0, 0.1) is 11.7 Å². The molecule has 2 aromatic carbocycles. The van der Waals surface area contributed by atoms with Gasteiger partial charge in [-0.05, 0) is 74.8 Å². The topological polar surface area (TPSA) is 160 Å². The van der Waals surface area contributed by atoms with Gasteiger partial charge in [-0.25, -0.2) is 12.8 Å². The summed E-state index contributed by atoms with van der Waals surface area (Å²) in [5.74, 6) is -1.95. The van der Waals surface area contributed by atoms with Gasteiger partial charge in [0.05, 0.1) is 11.8 Å². The van der Waals surface area contributed by atoms with Crippen LogP contribution in [-0.4, -0.2) is 71.5 Å². The molecule has 4 aliphatic rings. The number of aromatic nitrogens is 1. The van der Waals surface area contributed by atoms with Gasteiger partial charge in [-0.15, -0.1) is 0 Å². The molecule has 0 spiro atoms. The number of fused-ring (bicyclic) bond motifs is 4. The fourth-order valence-electron chi connectivity index (χ4n) is 7.57. The third-order valence-corrected chi connectivity index (χ3v) is 12.1. The third kappa shape index (κ3) is 7.38. The lowest BCUT2D eigenvalue weighted by molar-refractivity contribution is -0.141. The Morgan fingerprint density at radius 1 is 1.02 bits per heavy atom. The number of nitrogens with zero attached hydrogens (tertiary/aromatic N) is 2. The summed E-state index contributed by atoms with van der Waals surface area (Å²) < 4.78 is 54.0. The molecule has 7 rings (SSSR count). The highest BCUT2D eigenvalue weighted by Gasteiger charge is 2.52. The predicted octanol–water partition coefficient (Wildman–Crippen LogP) is 4.41.